The predicted molar refractivity (Wildman–Crippen MR) is 125 cm³/mol. The number of aromatic amines is 1. The SMILES string of the molecule is O=C(/C=C/c1ccc(Br)cc1)c1c(-c2ccccc2)c2cc(Br)ccc2[nH]c1=O. The van der Waals surface area contributed by atoms with Crippen molar-refractivity contribution >= 4 is 54.6 Å². The lowest BCUT2D eigenvalue weighted by molar-refractivity contribution is 0.104. The fraction of sp³-hybridized carbons (Fsp3) is 0. The number of hydrogen-bond donors (Lipinski definition) is 1. The fourth-order valence-electron chi connectivity index (χ4n) is 3.23. The van der Waals surface area contributed by atoms with Crippen LogP contribution in [0.5, 0.6) is 0 Å². The van der Waals surface area contributed by atoms with Gasteiger partial charge in [0.1, 0.15) is 0 Å². The highest BCUT2D eigenvalue weighted by Crippen LogP contribution is 2.31. The van der Waals surface area contributed by atoms with Gasteiger partial charge in [-0.1, -0.05) is 80.4 Å². The van der Waals surface area contributed by atoms with E-state index in [1.807, 2.05) is 72.8 Å². The lowest BCUT2D eigenvalue weighted by atomic mass is 9.94. The molecule has 0 atom stereocenters. The summed E-state index contributed by atoms with van der Waals surface area (Å²) < 4.78 is 1.84. The van der Waals surface area contributed by atoms with Gasteiger partial charge in [-0.3, -0.25) is 9.59 Å². The molecule has 0 amide bonds. The van der Waals surface area contributed by atoms with Gasteiger partial charge in [0.15, 0.2) is 5.78 Å². The van der Waals surface area contributed by atoms with Crippen LogP contribution in [0.1, 0.15) is 15.9 Å². The van der Waals surface area contributed by atoms with Crippen LogP contribution in [-0.2, 0) is 0 Å². The number of nitrogens with one attached hydrogen (secondary N) is 1. The highest BCUT2D eigenvalue weighted by molar-refractivity contribution is 9.10. The number of allylic oxidation sites excluding steroid dienone is 1. The summed E-state index contributed by atoms with van der Waals surface area (Å²) in [6, 6.07) is 22.7. The van der Waals surface area contributed by atoms with Crippen molar-refractivity contribution in [1.82, 2.24) is 4.98 Å². The summed E-state index contributed by atoms with van der Waals surface area (Å²) in [5.74, 6) is -0.338. The maximum atomic E-state index is 13.1. The highest BCUT2D eigenvalue weighted by atomic mass is 79.9. The summed E-state index contributed by atoms with van der Waals surface area (Å²) in [7, 11) is 0. The number of fused-ring (bicyclic) bond motifs is 1. The molecule has 1 aromatic heterocycles. The van der Waals surface area contributed by atoms with Crippen molar-refractivity contribution in [3.8, 4) is 11.1 Å². The Bertz CT molecular complexity index is 1290. The summed E-state index contributed by atoms with van der Waals surface area (Å²) >= 11 is 6.89. The second-order valence-corrected chi connectivity index (χ2v) is 8.34. The van der Waals surface area contributed by atoms with E-state index in [0.717, 1.165) is 25.5 Å². The van der Waals surface area contributed by atoms with Crippen LogP contribution in [0.3, 0.4) is 0 Å². The van der Waals surface area contributed by atoms with Crippen molar-refractivity contribution < 1.29 is 4.79 Å². The third kappa shape index (κ3) is 4.16. The minimum atomic E-state index is -0.399. The maximum Gasteiger partial charge on any atom is 0.260 e. The number of benzene rings is 3. The van der Waals surface area contributed by atoms with E-state index in [4.69, 9.17) is 0 Å². The number of rotatable bonds is 4. The van der Waals surface area contributed by atoms with Gasteiger partial charge >= 0.3 is 0 Å². The van der Waals surface area contributed by atoms with E-state index < -0.39 is 5.56 Å². The summed E-state index contributed by atoms with van der Waals surface area (Å²) in [5.41, 5.74) is 2.76. The summed E-state index contributed by atoms with van der Waals surface area (Å²) in [5, 5.41) is 0.811. The summed E-state index contributed by atoms with van der Waals surface area (Å²) in [4.78, 5) is 28.8. The van der Waals surface area contributed by atoms with Crippen molar-refractivity contribution in [1.29, 1.82) is 0 Å². The molecular weight excluding hydrogens is 494 g/mol. The van der Waals surface area contributed by atoms with E-state index in [-0.39, 0.29) is 11.3 Å². The first kappa shape index (κ1) is 19.6. The number of halogens is 2. The predicted octanol–water partition coefficient (Wildman–Crippen LogP) is 6.62. The summed E-state index contributed by atoms with van der Waals surface area (Å²) in [6.07, 6.45) is 3.16. The number of carbonyl (C=O) groups is 1. The Hall–Kier alpha value is -2.76. The van der Waals surface area contributed by atoms with Crippen LogP contribution in [-0.4, -0.2) is 10.8 Å². The second-order valence-electron chi connectivity index (χ2n) is 6.51. The number of carbonyl (C=O) groups excluding carboxylic acids is 1. The first-order chi connectivity index (χ1) is 14.0. The van der Waals surface area contributed by atoms with Gasteiger partial charge in [0.2, 0.25) is 0 Å². The molecule has 4 aromatic rings. The zero-order valence-electron chi connectivity index (χ0n) is 15.2. The average molecular weight is 509 g/mol. The largest absolute Gasteiger partial charge is 0.321 e. The van der Waals surface area contributed by atoms with E-state index in [0.29, 0.717) is 11.1 Å². The molecule has 0 unspecified atom stereocenters. The van der Waals surface area contributed by atoms with Crippen molar-refractivity contribution in [2.24, 2.45) is 0 Å². The first-order valence-corrected chi connectivity index (χ1v) is 10.5. The minimum absolute atomic E-state index is 0.134. The number of pyridine rings is 1. The van der Waals surface area contributed by atoms with E-state index >= 15 is 0 Å². The van der Waals surface area contributed by atoms with Gasteiger partial charge in [0.25, 0.3) is 5.56 Å². The van der Waals surface area contributed by atoms with Gasteiger partial charge in [0, 0.05) is 25.4 Å². The van der Waals surface area contributed by atoms with Crippen LogP contribution >= 0.6 is 31.9 Å². The molecule has 0 fully saturated rings. The Kier molecular flexibility index (Phi) is 5.60. The molecule has 0 radical (unpaired) electrons. The van der Waals surface area contributed by atoms with Crippen LogP contribution < -0.4 is 5.56 Å². The second kappa shape index (κ2) is 8.31. The molecule has 142 valence electrons. The molecule has 0 saturated heterocycles. The maximum absolute atomic E-state index is 13.1. The molecule has 3 aromatic carbocycles. The Morgan fingerprint density at radius 1 is 0.862 bits per heavy atom. The molecule has 29 heavy (non-hydrogen) atoms. The number of ketones is 1. The monoisotopic (exact) mass is 507 g/mol. The van der Waals surface area contributed by atoms with Crippen molar-refractivity contribution in [3.63, 3.8) is 0 Å². The molecule has 0 spiro atoms. The van der Waals surface area contributed by atoms with Crippen LogP contribution in [0, 0.1) is 0 Å². The Labute approximate surface area is 184 Å². The standard InChI is InChI=1S/C24H15Br2NO2/c25-17-9-6-15(7-10-17)8-13-21(28)23-22(16-4-2-1-3-5-16)19-14-18(26)11-12-20(19)27-24(23)29/h1-14H,(H,27,29)/b13-8+. The zero-order valence-corrected chi connectivity index (χ0v) is 18.3. The third-order valence-corrected chi connectivity index (χ3v) is 5.60. The topological polar surface area (TPSA) is 49.9 Å². The van der Waals surface area contributed by atoms with E-state index in [1.54, 1.807) is 6.08 Å². The van der Waals surface area contributed by atoms with E-state index in [9.17, 15) is 9.59 Å². The lowest BCUT2D eigenvalue weighted by Crippen LogP contribution is -2.18. The Balaban J connectivity index is 1.91. The van der Waals surface area contributed by atoms with E-state index in [2.05, 4.69) is 36.8 Å². The molecule has 0 bridgehead atoms. The average Bonchev–Trinajstić information content (AvgIpc) is 2.73. The molecule has 1 heterocycles. The van der Waals surface area contributed by atoms with Gasteiger partial charge < -0.3 is 4.98 Å². The van der Waals surface area contributed by atoms with Gasteiger partial charge in [-0.25, -0.2) is 0 Å². The Morgan fingerprint density at radius 3 is 2.28 bits per heavy atom. The molecular formula is C24H15Br2NO2. The third-order valence-electron chi connectivity index (χ3n) is 4.58. The molecule has 0 aliphatic heterocycles. The number of aromatic nitrogens is 1. The number of H-pyrrole nitrogens is 1. The van der Waals surface area contributed by atoms with Crippen molar-refractivity contribution in [2.45, 2.75) is 0 Å². The fourth-order valence-corrected chi connectivity index (χ4v) is 3.86. The smallest absolute Gasteiger partial charge is 0.260 e. The molecule has 0 saturated carbocycles. The van der Waals surface area contributed by atoms with Crippen LogP contribution in [0.2, 0.25) is 0 Å². The molecule has 0 aliphatic carbocycles. The normalized spacial score (nSPS) is 11.2. The molecule has 4 rings (SSSR count). The van der Waals surface area contributed by atoms with Crippen LogP contribution in [0.15, 0.2) is 92.6 Å². The molecule has 1 N–H and O–H groups in total. The number of hydrogen-bond acceptors (Lipinski definition) is 2. The molecule has 5 heteroatoms. The van der Waals surface area contributed by atoms with E-state index in [1.165, 1.54) is 6.08 Å². The van der Waals surface area contributed by atoms with Crippen molar-refractivity contribution in [2.75, 3.05) is 0 Å². The van der Waals surface area contributed by atoms with Gasteiger partial charge in [-0.05, 0) is 47.5 Å². The lowest BCUT2D eigenvalue weighted by Gasteiger charge is -2.11. The van der Waals surface area contributed by atoms with Crippen molar-refractivity contribution in [3.05, 3.63) is 109 Å². The van der Waals surface area contributed by atoms with Gasteiger partial charge in [0.05, 0.1) is 5.56 Å². The zero-order chi connectivity index (χ0) is 20.4. The van der Waals surface area contributed by atoms with Crippen LogP contribution in [0.25, 0.3) is 28.1 Å². The quantitative estimate of drug-likeness (QED) is 0.249. The summed E-state index contributed by atoms with van der Waals surface area (Å²) in [6.45, 7) is 0. The van der Waals surface area contributed by atoms with Crippen LogP contribution in [0.4, 0.5) is 0 Å². The first-order valence-electron chi connectivity index (χ1n) is 8.92. The molecule has 3 nitrogen and oxygen atoms in total. The van der Waals surface area contributed by atoms with Gasteiger partial charge in [-0.2, -0.15) is 0 Å². The highest BCUT2D eigenvalue weighted by Gasteiger charge is 2.19. The molecule has 0 aliphatic rings. The minimum Gasteiger partial charge on any atom is -0.321 e. The Morgan fingerprint density at radius 2 is 1.55 bits per heavy atom. The van der Waals surface area contributed by atoms with Gasteiger partial charge in [-0.15, -0.1) is 0 Å².